The van der Waals surface area contributed by atoms with E-state index in [9.17, 15) is 5.21 Å². The van der Waals surface area contributed by atoms with Crippen LogP contribution in [0.5, 0.6) is 0 Å². The molecule has 17 heavy (non-hydrogen) atoms. The molecule has 0 bridgehead atoms. The monoisotopic (exact) mass is 241 g/mol. The van der Waals surface area contributed by atoms with E-state index in [2.05, 4.69) is 25.9 Å². The fourth-order valence-electron chi connectivity index (χ4n) is 2.93. The highest BCUT2D eigenvalue weighted by Gasteiger charge is 2.52. The fourth-order valence-corrected chi connectivity index (χ4v) is 2.93. The second-order valence-corrected chi connectivity index (χ2v) is 5.58. The van der Waals surface area contributed by atoms with E-state index in [1.165, 1.54) is 12.8 Å². The number of nitrogens with zero attached hydrogens (tertiary/aromatic N) is 1. The molecule has 100 valence electrons. The lowest BCUT2D eigenvalue weighted by Gasteiger charge is -2.47. The lowest BCUT2D eigenvalue weighted by molar-refractivity contribution is -0.0545. The Morgan fingerprint density at radius 3 is 2.24 bits per heavy atom. The van der Waals surface area contributed by atoms with Crippen LogP contribution < -0.4 is 0 Å². The third kappa shape index (κ3) is 2.35. The highest BCUT2D eigenvalue weighted by atomic mass is 16.5. The Morgan fingerprint density at radius 2 is 1.76 bits per heavy atom. The largest absolute Gasteiger partial charge is 0.411 e. The van der Waals surface area contributed by atoms with E-state index in [0.29, 0.717) is 5.92 Å². The zero-order valence-electron chi connectivity index (χ0n) is 11.9. The molecular formula is C14H27NO2. The smallest absolute Gasteiger partial charge is 0.110 e. The molecule has 1 spiro atoms. The topological polar surface area (TPSA) is 41.8 Å². The molecule has 1 saturated heterocycles. The minimum absolute atomic E-state index is 0.0443. The van der Waals surface area contributed by atoms with Crippen molar-refractivity contribution in [2.24, 2.45) is 16.5 Å². The molecule has 2 fully saturated rings. The summed E-state index contributed by atoms with van der Waals surface area (Å²) in [4.78, 5) is 0. The van der Waals surface area contributed by atoms with E-state index in [-0.39, 0.29) is 11.0 Å². The maximum Gasteiger partial charge on any atom is 0.110 e. The first-order valence-corrected chi connectivity index (χ1v) is 6.90. The molecular weight excluding hydrogens is 214 g/mol. The summed E-state index contributed by atoms with van der Waals surface area (Å²) >= 11 is 0. The average Bonchev–Trinajstić information content (AvgIpc) is 2.77. The summed E-state index contributed by atoms with van der Waals surface area (Å²) in [6.07, 6.45) is 4.40. The highest BCUT2D eigenvalue weighted by molar-refractivity contribution is 5.97. The minimum atomic E-state index is -0.245. The van der Waals surface area contributed by atoms with Crippen molar-refractivity contribution in [1.82, 2.24) is 0 Å². The third-order valence-corrected chi connectivity index (χ3v) is 4.39. The average molecular weight is 241 g/mol. The molecule has 0 radical (unpaired) electrons. The molecule has 2 aliphatic rings. The maximum absolute atomic E-state index is 9.28. The Balaban J connectivity index is 0.000000686. The molecule has 0 aromatic rings. The lowest BCUT2D eigenvalue weighted by atomic mass is 9.67. The predicted molar refractivity (Wildman–Crippen MR) is 70.7 cm³/mol. The second-order valence-electron chi connectivity index (χ2n) is 5.58. The Hall–Kier alpha value is -0.570. The van der Waals surface area contributed by atoms with Gasteiger partial charge in [0.1, 0.15) is 5.60 Å². The Labute approximate surface area is 105 Å². The van der Waals surface area contributed by atoms with Gasteiger partial charge in [0.25, 0.3) is 0 Å². The van der Waals surface area contributed by atoms with Crippen LogP contribution in [-0.4, -0.2) is 23.1 Å². The van der Waals surface area contributed by atoms with Gasteiger partial charge < -0.3 is 9.94 Å². The second kappa shape index (κ2) is 5.38. The van der Waals surface area contributed by atoms with Gasteiger partial charge in [-0.05, 0) is 18.8 Å². The molecule has 1 unspecified atom stereocenters. The van der Waals surface area contributed by atoms with Crippen molar-refractivity contribution < 1.29 is 9.94 Å². The SMILES string of the molecule is CC.CC1COC2(CCCC2)/C(=N\O)C1(C)C. The minimum Gasteiger partial charge on any atom is -0.411 e. The molecule has 1 heterocycles. The van der Waals surface area contributed by atoms with Gasteiger partial charge in [0, 0.05) is 5.41 Å². The number of oxime groups is 1. The zero-order valence-corrected chi connectivity index (χ0v) is 11.9. The highest BCUT2D eigenvalue weighted by Crippen LogP contribution is 2.46. The van der Waals surface area contributed by atoms with Crippen LogP contribution in [0.1, 0.15) is 60.3 Å². The van der Waals surface area contributed by atoms with Crippen molar-refractivity contribution in [3.63, 3.8) is 0 Å². The van der Waals surface area contributed by atoms with Crippen molar-refractivity contribution in [2.45, 2.75) is 65.9 Å². The summed E-state index contributed by atoms with van der Waals surface area (Å²) in [6, 6.07) is 0. The van der Waals surface area contributed by atoms with Crippen LogP contribution >= 0.6 is 0 Å². The Morgan fingerprint density at radius 1 is 1.24 bits per heavy atom. The molecule has 1 saturated carbocycles. The standard InChI is InChI=1S/C12H21NO2.C2H6/c1-9-8-15-12(6-4-5-7-12)10(13-14)11(9,2)3;1-2/h9,14H,4-8H2,1-3H3;1-2H3/b13-10-;. The quantitative estimate of drug-likeness (QED) is 0.517. The molecule has 0 aromatic carbocycles. The van der Waals surface area contributed by atoms with Gasteiger partial charge >= 0.3 is 0 Å². The first-order valence-electron chi connectivity index (χ1n) is 6.90. The van der Waals surface area contributed by atoms with Crippen molar-refractivity contribution in [2.75, 3.05) is 6.61 Å². The van der Waals surface area contributed by atoms with E-state index in [0.717, 1.165) is 25.2 Å². The molecule has 0 amide bonds. The molecule has 0 aromatic heterocycles. The van der Waals surface area contributed by atoms with Gasteiger partial charge in [0.05, 0.1) is 12.3 Å². The van der Waals surface area contributed by atoms with E-state index in [1.54, 1.807) is 0 Å². The number of rotatable bonds is 0. The van der Waals surface area contributed by atoms with Crippen LogP contribution in [0, 0.1) is 11.3 Å². The van der Waals surface area contributed by atoms with Crippen LogP contribution in [0.4, 0.5) is 0 Å². The summed E-state index contributed by atoms with van der Waals surface area (Å²) in [5.41, 5.74) is 0.577. The van der Waals surface area contributed by atoms with E-state index >= 15 is 0 Å². The number of hydrogen-bond donors (Lipinski definition) is 1. The van der Waals surface area contributed by atoms with Crippen molar-refractivity contribution in [3.8, 4) is 0 Å². The lowest BCUT2D eigenvalue weighted by Crippen LogP contribution is -2.55. The van der Waals surface area contributed by atoms with Gasteiger partial charge in [-0.2, -0.15) is 0 Å². The summed E-state index contributed by atoms with van der Waals surface area (Å²) in [6.45, 7) is 11.3. The van der Waals surface area contributed by atoms with Crippen LogP contribution in [0.15, 0.2) is 5.16 Å². The first kappa shape index (κ1) is 14.5. The van der Waals surface area contributed by atoms with E-state index < -0.39 is 0 Å². The molecule has 1 aliphatic heterocycles. The molecule has 1 N–H and O–H groups in total. The summed E-state index contributed by atoms with van der Waals surface area (Å²) in [5.74, 6) is 0.412. The normalized spacial score (nSPS) is 32.3. The first-order chi connectivity index (χ1) is 8.03. The van der Waals surface area contributed by atoms with Gasteiger partial charge in [-0.25, -0.2) is 0 Å². The van der Waals surface area contributed by atoms with Crippen molar-refractivity contribution in [1.29, 1.82) is 0 Å². The van der Waals surface area contributed by atoms with Crippen LogP contribution in [0.2, 0.25) is 0 Å². The van der Waals surface area contributed by atoms with Gasteiger partial charge in [-0.3, -0.25) is 0 Å². The van der Waals surface area contributed by atoms with Crippen LogP contribution in [-0.2, 0) is 4.74 Å². The fraction of sp³-hybridized carbons (Fsp3) is 0.929. The summed E-state index contributed by atoms with van der Waals surface area (Å²) in [5, 5.41) is 12.9. The van der Waals surface area contributed by atoms with Crippen molar-refractivity contribution in [3.05, 3.63) is 0 Å². The van der Waals surface area contributed by atoms with Crippen LogP contribution in [0.3, 0.4) is 0 Å². The van der Waals surface area contributed by atoms with Crippen LogP contribution in [0.25, 0.3) is 0 Å². The molecule has 3 nitrogen and oxygen atoms in total. The zero-order chi connectivity index (χ0) is 13.1. The predicted octanol–water partition coefficient (Wildman–Crippen LogP) is 3.85. The third-order valence-electron chi connectivity index (χ3n) is 4.39. The van der Waals surface area contributed by atoms with Crippen molar-refractivity contribution >= 4 is 5.71 Å². The Kier molecular flexibility index (Phi) is 4.59. The Bertz CT molecular complexity index is 278. The summed E-state index contributed by atoms with van der Waals surface area (Å²) in [7, 11) is 0. The van der Waals surface area contributed by atoms with E-state index in [4.69, 9.17) is 4.74 Å². The maximum atomic E-state index is 9.28. The summed E-state index contributed by atoms with van der Waals surface area (Å²) < 4.78 is 5.99. The van der Waals surface area contributed by atoms with Gasteiger partial charge in [-0.1, -0.05) is 52.6 Å². The molecule has 2 rings (SSSR count). The molecule has 3 heteroatoms. The number of ether oxygens (including phenoxy) is 1. The van der Waals surface area contributed by atoms with Gasteiger partial charge in [0.2, 0.25) is 0 Å². The number of hydrogen-bond acceptors (Lipinski definition) is 3. The van der Waals surface area contributed by atoms with E-state index in [1.807, 2.05) is 13.8 Å². The van der Waals surface area contributed by atoms with Gasteiger partial charge in [0.15, 0.2) is 0 Å². The van der Waals surface area contributed by atoms with Gasteiger partial charge in [-0.15, -0.1) is 0 Å². The molecule has 1 aliphatic carbocycles. The molecule has 1 atom stereocenters.